The van der Waals surface area contributed by atoms with Crippen LogP contribution in [0.15, 0.2) is 12.7 Å². The van der Waals surface area contributed by atoms with E-state index in [-0.39, 0.29) is 11.9 Å². The van der Waals surface area contributed by atoms with E-state index in [4.69, 9.17) is 13.6 Å². The van der Waals surface area contributed by atoms with Crippen LogP contribution in [0, 0.1) is 0 Å². The van der Waals surface area contributed by atoms with E-state index in [1.54, 1.807) is 0 Å². The molecule has 0 aromatic carbocycles. The molecule has 0 bridgehead atoms. The molecule has 0 N–H and O–H groups in total. The van der Waals surface area contributed by atoms with Gasteiger partial charge in [0, 0.05) is 6.08 Å². The Hall–Kier alpha value is -0.219. The summed E-state index contributed by atoms with van der Waals surface area (Å²) in [6.07, 6.45) is 2.08. The number of hydrogen-bond acceptors (Lipinski definition) is 4. The molecule has 0 fully saturated rings. The minimum Gasteiger partial charge on any atom is -0.463 e. The first-order chi connectivity index (χ1) is 9.03. The van der Waals surface area contributed by atoms with Crippen LogP contribution in [-0.2, 0) is 18.4 Å². The topological polar surface area (TPSA) is 44.8 Å². The summed E-state index contributed by atoms with van der Waals surface area (Å²) < 4.78 is 17.3. The van der Waals surface area contributed by atoms with Crippen LogP contribution < -0.4 is 0 Å². The molecule has 0 saturated carbocycles. The smallest absolute Gasteiger partial charge is 0.330 e. The SMILES string of the molecule is C=CC(=O)OCCC[SiH2]C(O[Si](C)(C)C)O[Si](C)(C)C. The van der Waals surface area contributed by atoms with Gasteiger partial charge < -0.3 is 13.6 Å². The van der Waals surface area contributed by atoms with E-state index in [1.165, 1.54) is 6.08 Å². The summed E-state index contributed by atoms with van der Waals surface area (Å²) >= 11 is 0. The molecule has 0 spiro atoms. The number of rotatable bonds is 10. The van der Waals surface area contributed by atoms with Gasteiger partial charge >= 0.3 is 5.97 Å². The Morgan fingerprint density at radius 1 is 1.15 bits per heavy atom. The van der Waals surface area contributed by atoms with Crippen molar-refractivity contribution >= 4 is 32.1 Å². The Morgan fingerprint density at radius 2 is 1.65 bits per heavy atom. The van der Waals surface area contributed by atoms with Crippen LogP contribution >= 0.6 is 0 Å². The maximum absolute atomic E-state index is 10.9. The predicted octanol–water partition coefficient (Wildman–Crippen LogP) is 2.68. The molecule has 0 saturated heterocycles. The fraction of sp³-hybridized carbons (Fsp3) is 0.769. The van der Waals surface area contributed by atoms with Crippen molar-refractivity contribution in [2.45, 2.75) is 57.7 Å². The normalized spacial score (nSPS) is 13.2. The zero-order valence-corrected chi connectivity index (χ0v) is 17.2. The van der Waals surface area contributed by atoms with Crippen molar-refractivity contribution in [1.29, 1.82) is 0 Å². The Balaban J connectivity index is 4.10. The van der Waals surface area contributed by atoms with Crippen molar-refractivity contribution in [2.75, 3.05) is 6.61 Å². The third-order valence-corrected chi connectivity index (χ3v) is 6.53. The highest BCUT2D eigenvalue weighted by Gasteiger charge is 2.26. The van der Waals surface area contributed by atoms with Crippen LogP contribution in [0.5, 0.6) is 0 Å². The number of carbonyl (C=O) groups is 1. The molecule has 0 aliphatic heterocycles. The van der Waals surface area contributed by atoms with E-state index in [2.05, 4.69) is 45.9 Å². The highest BCUT2D eigenvalue weighted by atomic mass is 28.4. The maximum Gasteiger partial charge on any atom is 0.330 e. The quantitative estimate of drug-likeness (QED) is 0.203. The van der Waals surface area contributed by atoms with Crippen molar-refractivity contribution in [3.8, 4) is 0 Å². The minimum atomic E-state index is -1.58. The van der Waals surface area contributed by atoms with Crippen molar-refractivity contribution < 1.29 is 18.4 Å². The molecule has 118 valence electrons. The summed E-state index contributed by atoms with van der Waals surface area (Å²) in [6, 6.07) is 1.06. The van der Waals surface area contributed by atoms with E-state index in [0.717, 1.165) is 12.5 Å². The van der Waals surface area contributed by atoms with Gasteiger partial charge in [0.25, 0.3) is 0 Å². The first kappa shape index (κ1) is 19.8. The molecule has 20 heavy (non-hydrogen) atoms. The zero-order chi connectivity index (χ0) is 15.8. The van der Waals surface area contributed by atoms with E-state index in [1.807, 2.05) is 0 Å². The lowest BCUT2D eigenvalue weighted by molar-refractivity contribution is -0.137. The lowest BCUT2D eigenvalue weighted by Gasteiger charge is -2.31. The molecule has 4 nitrogen and oxygen atoms in total. The molecule has 0 aliphatic carbocycles. The number of hydrogen-bond donors (Lipinski definition) is 0. The third-order valence-electron chi connectivity index (χ3n) is 2.22. The maximum atomic E-state index is 10.9. The minimum absolute atomic E-state index is 0.0171. The van der Waals surface area contributed by atoms with Crippen LogP contribution in [0.25, 0.3) is 0 Å². The van der Waals surface area contributed by atoms with Gasteiger partial charge in [-0.25, -0.2) is 4.79 Å². The van der Waals surface area contributed by atoms with Gasteiger partial charge in [0.1, 0.15) is 5.91 Å². The van der Waals surface area contributed by atoms with Crippen LogP contribution in [-0.4, -0.2) is 44.6 Å². The fourth-order valence-corrected chi connectivity index (χ4v) is 8.11. The van der Waals surface area contributed by atoms with Crippen LogP contribution in [0.2, 0.25) is 45.3 Å². The van der Waals surface area contributed by atoms with E-state index < -0.39 is 26.2 Å². The lowest BCUT2D eigenvalue weighted by atomic mass is 10.5. The molecule has 0 rings (SSSR count). The Kier molecular flexibility index (Phi) is 8.84. The average molecular weight is 335 g/mol. The second-order valence-electron chi connectivity index (χ2n) is 6.76. The molecule has 0 radical (unpaired) electrons. The monoisotopic (exact) mass is 334 g/mol. The van der Waals surface area contributed by atoms with Crippen LogP contribution in [0.3, 0.4) is 0 Å². The summed E-state index contributed by atoms with van der Waals surface area (Å²) in [5.74, 6) is -0.330. The van der Waals surface area contributed by atoms with Gasteiger partial charge in [-0.15, -0.1) is 0 Å². The molecule has 0 aliphatic rings. The average Bonchev–Trinajstić information content (AvgIpc) is 2.23. The second-order valence-corrected chi connectivity index (χ2v) is 17.6. The van der Waals surface area contributed by atoms with Crippen molar-refractivity contribution in [1.82, 2.24) is 0 Å². The van der Waals surface area contributed by atoms with Crippen LogP contribution in [0.4, 0.5) is 0 Å². The van der Waals surface area contributed by atoms with E-state index >= 15 is 0 Å². The first-order valence-electron chi connectivity index (χ1n) is 7.18. The summed E-state index contributed by atoms with van der Waals surface area (Å²) in [7, 11) is -3.64. The van der Waals surface area contributed by atoms with E-state index in [0.29, 0.717) is 6.61 Å². The highest BCUT2D eigenvalue weighted by molar-refractivity contribution is 6.71. The molecule has 7 heteroatoms. The van der Waals surface area contributed by atoms with Crippen LogP contribution in [0.1, 0.15) is 6.42 Å². The summed E-state index contributed by atoms with van der Waals surface area (Å²) in [4.78, 5) is 10.9. The molecule has 0 amide bonds. The zero-order valence-electron chi connectivity index (χ0n) is 13.8. The second kappa shape index (κ2) is 8.93. The third kappa shape index (κ3) is 12.8. The van der Waals surface area contributed by atoms with Crippen molar-refractivity contribution in [2.24, 2.45) is 0 Å². The lowest BCUT2D eigenvalue weighted by Crippen LogP contribution is -2.43. The molecule has 0 unspecified atom stereocenters. The molecular weight excluding hydrogens is 304 g/mol. The number of esters is 1. The van der Waals surface area contributed by atoms with Gasteiger partial charge in [-0.3, -0.25) is 0 Å². The Bertz CT molecular complexity index is 292. The number of ether oxygens (including phenoxy) is 1. The molecule has 0 aromatic heterocycles. The molecule has 0 atom stereocenters. The molecule has 0 heterocycles. The fourth-order valence-electron chi connectivity index (χ4n) is 1.58. The molecular formula is C13H30O4Si3. The Labute approximate surface area is 128 Å². The summed E-state index contributed by atoms with van der Waals surface area (Å²) in [5, 5.41) is 0. The standard InChI is InChI=1S/C13H30O4Si3/c1-8-12(14)15-10-9-11-18-13(16-19(2,3)4)17-20(5,6)7/h8,13H,1,9-11,18H2,2-7H3. The highest BCUT2D eigenvalue weighted by Crippen LogP contribution is 2.14. The Morgan fingerprint density at radius 3 is 2.05 bits per heavy atom. The van der Waals surface area contributed by atoms with Gasteiger partial charge in [-0.1, -0.05) is 12.6 Å². The number of carbonyl (C=O) groups excluding carboxylic acids is 1. The van der Waals surface area contributed by atoms with Crippen molar-refractivity contribution in [3.05, 3.63) is 12.7 Å². The largest absolute Gasteiger partial charge is 0.463 e. The molecule has 0 aromatic rings. The van der Waals surface area contributed by atoms with Crippen molar-refractivity contribution in [3.63, 3.8) is 0 Å². The first-order valence-corrected chi connectivity index (χ1v) is 15.8. The van der Waals surface area contributed by atoms with E-state index in [9.17, 15) is 4.79 Å². The van der Waals surface area contributed by atoms with Gasteiger partial charge in [-0.2, -0.15) is 0 Å². The summed E-state index contributed by atoms with van der Waals surface area (Å²) in [5.41, 5.74) is 0. The van der Waals surface area contributed by atoms with Gasteiger partial charge in [0.2, 0.25) is 0 Å². The predicted molar refractivity (Wildman–Crippen MR) is 91.8 cm³/mol. The van der Waals surface area contributed by atoms with Gasteiger partial charge in [-0.05, 0) is 45.7 Å². The van der Waals surface area contributed by atoms with Gasteiger partial charge in [0.05, 0.1) is 16.1 Å². The summed E-state index contributed by atoms with van der Waals surface area (Å²) in [6.45, 7) is 17.0. The van der Waals surface area contributed by atoms with Gasteiger partial charge in [0.15, 0.2) is 16.6 Å².